The number of nitrogens with zero attached hydrogens (tertiary/aromatic N) is 2. The van der Waals surface area contributed by atoms with Crippen molar-refractivity contribution in [1.29, 1.82) is 0 Å². The molecule has 0 atom stereocenters. The topological polar surface area (TPSA) is 87.3 Å². The second kappa shape index (κ2) is 8.32. The molecule has 0 aliphatic heterocycles. The fraction of sp³-hybridized carbons (Fsp3) is 0.389. The van der Waals surface area contributed by atoms with Crippen molar-refractivity contribution in [3.8, 4) is 5.75 Å². The number of rotatable bonds is 7. The molecule has 134 valence electrons. The summed E-state index contributed by atoms with van der Waals surface area (Å²) in [7, 11) is 1.54. The van der Waals surface area contributed by atoms with Gasteiger partial charge in [-0.05, 0) is 32.9 Å². The zero-order valence-electron chi connectivity index (χ0n) is 15.0. The number of hydrogen-bond donors (Lipinski definition) is 2. The zero-order chi connectivity index (χ0) is 18.4. The third kappa shape index (κ3) is 4.59. The Balaban J connectivity index is 2.01. The minimum atomic E-state index is -0.264. The predicted molar refractivity (Wildman–Crippen MR) is 95.6 cm³/mol. The molecule has 25 heavy (non-hydrogen) atoms. The molecule has 0 fully saturated rings. The molecule has 0 spiro atoms. The van der Waals surface area contributed by atoms with Crippen molar-refractivity contribution in [2.45, 2.75) is 27.2 Å². The summed E-state index contributed by atoms with van der Waals surface area (Å²) in [4.78, 5) is 26.4. The Morgan fingerprint density at radius 1 is 1.28 bits per heavy atom. The van der Waals surface area contributed by atoms with Crippen molar-refractivity contribution in [1.82, 2.24) is 15.1 Å². The molecule has 2 amide bonds. The number of carbonyl (C=O) groups is 2. The fourth-order valence-corrected chi connectivity index (χ4v) is 2.58. The number of aryl methyl sites for hydroxylation is 2. The predicted octanol–water partition coefficient (Wildman–Crippen LogP) is 2.06. The number of nitrogens with one attached hydrogen (secondary N) is 2. The van der Waals surface area contributed by atoms with E-state index in [9.17, 15) is 9.59 Å². The van der Waals surface area contributed by atoms with E-state index in [4.69, 9.17) is 4.74 Å². The third-order valence-corrected chi connectivity index (χ3v) is 4.06. The lowest BCUT2D eigenvalue weighted by Gasteiger charge is -2.21. The van der Waals surface area contributed by atoms with Crippen molar-refractivity contribution in [3.63, 3.8) is 0 Å². The van der Waals surface area contributed by atoms with E-state index in [0.29, 0.717) is 18.0 Å². The lowest BCUT2D eigenvalue weighted by atomic mass is 10.1. The minimum Gasteiger partial charge on any atom is -0.495 e. The number of hydrogen-bond acceptors (Lipinski definition) is 4. The number of aromatic nitrogens is 2. The Bertz CT molecular complexity index is 735. The molecule has 0 aliphatic carbocycles. The number of para-hydroxylation sites is 2. The molecule has 7 heteroatoms. The Labute approximate surface area is 147 Å². The second-order valence-electron chi connectivity index (χ2n) is 5.75. The average Bonchev–Trinajstić information content (AvgIpc) is 2.92. The lowest BCUT2D eigenvalue weighted by Crippen LogP contribution is -2.38. The Morgan fingerprint density at radius 2 is 2.00 bits per heavy atom. The smallest absolute Gasteiger partial charge is 0.244 e. The van der Waals surface area contributed by atoms with E-state index in [1.165, 1.54) is 4.90 Å². The van der Waals surface area contributed by atoms with Gasteiger partial charge < -0.3 is 15.0 Å². The van der Waals surface area contributed by atoms with Gasteiger partial charge in [-0.2, -0.15) is 5.10 Å². The maximum Gasteiger partial charge on any atom is 0.244 e. The number of amides is 2. The minimum absolute atomic E-state index is 0.0106. The summed E-state index contributed by atoms with van der Waals surface area (Å²) in [6.07, 6.45) is 0.226. The van der Waals surface area contributed by atoms with Gasteiger partial charge in [0, 0.05) is 17.8 Å². The molecule has 0 aliphatic rings. The van der Waals surface area contributed by atoms with Crippen LogP contribution in [-0.4, -0.2) is 47.1 Å². The highest BCUT2D eigenvalue weighted by molar-refractivity contribution is 5.95. The molecule has 2 N–H and O–H groups in total. The molecular weight excluding hydrogens is 320 g/mol. The van der Waals surface area contributed by atoms with Gasteiger partial charge in [0.2, 0.25) is 11.8 Å². The highest BCUT2D eigenvalue weighted by Crippen LogP contribution is 2.22. The van der Waals surface area contributed by atoms with Crippen LogP contribution < -0.4 is 10.1 Å². The molecule has 1 aromatic heterocycles. The molecule has 2 rings (SSSR count). The standard InChI is InChI=1S/C18H24N4O3/c1-5-22(18(24)10-14-12(2)20-21-13(14)3)11-17(23)19-15-8-6-7-9-16(15)25-4/h6-9H,5,10-11H2,1-4H3,(H,19,23)(H,20,21). The summed E-state index contributed by atoms with van der Waals surface area (Å²) in [5.74, 6) is 0.209. The van der Waals surface area contributed by atoms with E-state index in [0.717, 1.165) is 17.0 Å². The van der Waals surface area contributed by atoms with Crippen molar-refractivity contribution in [3.05, 3.63) is 41.2 Å². The first-order chi connectivity index (χ1) is 12.0. The van der Waals surface area contributed by atoms with Gasteiger partial charge in [0.15, 0.2) is 0 Å². The van der Waals surface area contributed by atoms with Crippen LogP contribution in [0.1, 0.15) is 23.9 Å². The summed E-state index contributed by atoms with van der Waals surface area (Å²) in [6.45, 7) is 6.03. The Morgan fingerprint density at radius 3 is 2.60 bits per heavy atom. The van der Waals surface area contributed by atoms with E-state index in [1.807, 2.05) is 32.9 Å². The molecule has 0 unspecified atom stereocenters. The van der Waals surface area contributed by atoms with Gasteiger partial charge >= 0.3 is 0 Å². The Kier molecular flexibility index (Phi) is 6.16. The highest BCUT2D eigenvalue weighted by Gasteiger charge is 2.19. The number of ether oxygens (including phenoxy) is 1. The van der Waals surface area contributed by atoms with Crippen LogP contribution >= 0.6 is 0 Å². The van der Waals surface area contributed by atoms with Gasteiger partial charge in [0.25, 0.3) is 0 Å². The molecule has 0 bridgehead atoms. The van der Waals surface area contributed by atoms with Crippen LogP contribution in [-0.2, 0) is 16.0 Å². The zero-order valence-corrected chi connectivity index (χ0v) is 15.0. The van der Waals surface area contributed by atoms with Crippen molar-refractivity contribution in [2.24, 2.45) is 0 Å². The van der Waals surface area contributed by atoms with Crippen molar-refractivity contribution >= 4 is 17.5 Å². The fourth-order valence-electron chi connectivity index (χ4n) is 2.58. The number of H-pyrrole nitrogens is 1. The van der Waals surface area contributed by atoms with Crippen LogP contribution in [0, 0.1) is 13.8 Å². The first-order valence-electron chi connectivity index (χ1n) is 8.17. The monoisotopic (exact) mass is 344 g/mol. The van der Waals surface area contributed by atoms with E-state index >= 15 is 0 Å². The van der Waals surface area contributed by atoms with Crippen LogP contribution in [0.25, 0.3) is 0 Å². The van der Waals surface area contributed by atoms with E-state index < -0.39 is 0 Å². The molecule has 1 aromatic carbocycles. The number of aromatic amines is 1. The van der Waals surface area contributed by atoms with Gasteiger partial charge in [-0.3, -0.25) is 14.7 Å². The summed E-state index contributed by atoms with van der Waals surface area (Å²) < 4.78 is 5.22. The molecule has 0 saturated carbocycles. The first kappa shape index (κ1) is 18.5. The molecule has 7 nitrogen and oxygen atoms in total. The summed E-state index contributed by atoms with van der Waals surface area (Å²) in [5.41, 5.74) is 3.15. The van der Waals surface area contributed by atoms with E-state index in [-0.39, 0.29) is 24.8 Å². The van der Waals surface area contributed by atoms with E-state index in [1.54, 1.807) is 19.2 Å². The number of carbonyl (C=O) groups excluding carboxylic acids is 2. The normalized spacial score (nSPS) is 10.4. The quantitative estimate of drug-likeness (QED) is 0.805. The SMILES string of the molecule is CCN(CC(=O)Nc1ccccc1OC)C(=O)Cc1c(C)n[nH]c1C. The maximum absolute atomic E-state index is 12.5. The van der Waals surface area contributed by atoms with E-state index in [2.05, 4.69) is 15.5 Å². The van der Waals surface area contributed by atoms with Gasteiger partial charge in [-0.25, -0.2) is 0 Å². The molecule has 0 radical (unpaired) electrons. The number of likely N-dealkylation sites (N-methyl/N-ethyl adjacent to an activating group) is 1. The van der Waals surface area contributed by atoms with Gasteiger partial charge in [-0.15, -0.1) is 0 Å². The van der Waals surface area contributed by atoms with Crippen LogP contribution in [0.5, 0.6) is 5.75 Å². The van der Waals surface area contributed by atoms with Crippen LogP contribution in [0.15, 0.2) is 24.3 Å². The maximum atomic E-state index is 12.5. The molecule has 1 heterocycles. The van der Waals surface area contributed by atoms with Gasteiger partial charge in [0.1, 0.15) is 5.75 Å². The average molecular weight is 344 g/mol. The second-order valence-corrected chi connectivity index (χ2v) is 5.75. The summed E-state index contributed by atoms with van der Waals surface area (Å²) in [5, 5.41) is 9.76. The molecular formula is C18H24N4O3. The third-order valence-electron chi connectivity index (χ3n) is 4.06. The molecule has 0 saturated heterocycles. The van der Waals surface area contributed by atoms with Gasteiger partial charge in [0.05, 0.1) is 31.5 Å². The summed E-state index contributed by atoms with van der Waals surface area (Å²) >= 11 is 0. The molecule has 2 aromatic rings. The summed E-state index contributed by atoms with van der Waals surface area (Å²) in [6, 6.07) is 7.16. The van der Waals surface area contributed by atoms with Crippen LogP contribution in [0.4, 0.5) is 5.69 Å². The van der Waals surface area contributed by atoms with Gasteiger partial charge in [-0.1, -0.05) is 12.1 Å². The first-order valence-corrected chi connectivity index (χ1v) is 8.17. The van der Waals surface area contributed by atoms with Crippen molar-refractivity contribution < 1.29 is 14.3 Å². The Hall–Kier alpha value is -2.83. The van der Waals surface area contributed by atoms with Crippen molar-refractivity contribution in [2.75, 3.05) is 25.5 Å². The number of methoxy groups -OCH3 is 1. The number of anilines is 1. The van der Waals surface area contributed by atoms with Crippen LogP contribution in [0.2, 0.25) is 0 Å². The van der Waals surface area contributed by atoms with Crippen LogP contribution in [0.3, 0.4) is 0 Å². The number of benzene rings is 1. The largest absolute Gasteiger partial charge is 0.495 e. The lowest BCUT2D eigenvalue weighted by molar-refractivity contribution is -0.133. The highest BCUT2D eigenvalue weighted by atomic mass is 16.5.